The number of nitrogens with zero attached hydrogens (tertiary/aromatic N) is 1. The van der Waals surface area contributed by atoms with Crippen molar-refractivity contribution in [3.05, 3.63) is 0 Å². The van der Waals surface area contributed by atoms with Gasteiger partial charge in [0.2, 0.25) is 0 Å². The molecule has 1 rings (SSSR count). The van der Waals surface area contributed by atoms with Gasteiger partial charge in [-0.25, -0.2) is 0 Å². The third kappa shape index (κ3) is 6.66. The summed E-state index contributed by atoms with van der Waals surface area (Å²) in [5.41, 5.74) is 0.363. The lowest BCUT2D eigenvalue weighted by Gasteiger charge is -2.30. The molecule has 0 aromatic carbocycles. The zero-order chi connectivity index (χ0) is 15.9. The second-order valence-corrected chi connectivity index (χ2v) is 8.26. The number of hydrogen-bond acceptors (Lipinski definition) is 3. The number of unbranched alkanes of at least 4 members (excludes halogenated alkanes) is 1. The van der Waals surface area contributed by atoms with Gasteiger partial charge in [-0.3, -0.25) is 0 Å². The van der Waals surface area contributed by atoms with Gasteiger partial charge in [-0.15, -0.1) is 0 Å². The normalized spacial score (nSPS) is 24.6. The van der Waals surface area contributed by atoms with Crippen molar-refractivity contribution in [2.75, 3.05) is 33.3 Å². The van der Waals surface area contributed by atoms with Crippen molar-refractivity contribution in [2.24, 2.45) is 11.3 Å². The van der Waals surface area contributed by atoms with E-state index in [1.165, 1.54) is 51.7 Å². The van der Waals surface area contributed by atoms with Crippen LogP contribution in [0.25, 0.3) is 0 Å². The highest BCUT2D eigenvalue weighted by Gasteiger charge is 2.27. The molecule has 0 aromatic rings. The van der Waals surface area contributed by atoms with E-state index in [2.05, 4.69) is 37.9 Å². The van der Waals surface area contributed by atoms with Gasteiger partial charge in [-0.05, 0) is 77.0 Å². The van der Waals surface area contributed by atoms with E-state index < -0.39 is 0 Å². The third-order valence-electron chi connectivity index (χ3n) is 5.45. The fourth-order valence-electron chi connectivity index (χ4n) is 3.38. The van der Waals surface area contributed by atoms with Gasteiger partial charge < -0.3 is 15.3 Å². The van der Waals surface area contributed by atoms with Crippen LogP contribution in [0, 0.1) is 11.3 Å². The first kappa shape index (κ1) is 18.9. The minimum atomic E-state index is -0.101. The summed E-state index contributed by atoms with van der Waals surface area (Å²) in [6.45, 7) is 13.3. The minimum absolute atomic E-state index is 0.101. The molecule has 1 fully saturated rings. The SMILES string of the molecule is CNC(C)(CO)CCCCN1CCCC(C(C)(C)C)CC1. The number of aliphatic hydroxyl groups is 1. The lowest BCUT2D eigenvalue weighted by atomic mass is 9.77. The first-order valence-corrected chi connectivity index (χ1v) is 8.83. The molecule has 0 amide bonds. The molecule has 3 nitrogen and oxygen atoms in total. The molecule has 2 atom stereocenters. The lowest BCUT2D eigenvalue weighted by Crippen LogP contribution is -2.43. The minimum Gasteiger partial charge on any atom is -0.394 e. The Bertz CT molecular complexity index is 281. The van der Waals surface area contributed by atoms with Crippen LogP contribution >= 0.6 is 0 Å². The summed E-state index contributed by atoms with van der Waals surface area (Å²) in [4.78, 5) is 2.65. The quantitative estimate of drug-likeness (QED) is 0.708. The second kappa shape index (κ2) is 8.50. The first-order chi connectivity index (χ1) is 9.80. The Hall–Kier alpha value is -0.120. The number of nitrogens with one attached hydrogen (secondary N) is 1. The molecule has 3 heteroatoms. The van der Waals surface area contributed by atoms with Crippen molar-refractivity contribution >= 4 is 0 Å². The summed E-state index contributed by atoms with van der Waals surface area (Å²) in [5.74, 6) is 0.879. The Morgan fingerprint density at radius 2 is 1.81 bits per heavy atom. The lowest BCUT2D eigenvalue weighted by molar-refractivity contribution is 0.168. The summed E-state index contributed by atoms with van der Waals surface area (Å²) in [7, 11) is 1.94. The van der Waals surface area contributed by atoms with Crippen LogP contribution in [0.4, 0.5) is 0 Å². The molecule has 0 aliphatic carbocycles. The molecular formula is C18H38N2O. The Morgan fingerprint density at radius 3 is 2.38 bits per heavy atom. The fourth-order valence-corrected chi connectivity index (χ4v) is 3.38. The molecule has 0 aromatic heterocycles. The molecule has 2 unspecified atom stereocenters. The molecule has 21 heavy (non-hydrogen) atoms. The standard InChI is InChI=1S/C18H38N2O/c1-17(2,3)16-9-8-13-20(14-10-16)12-7-6-11-18(4,15-21)19-5/h16,19,21H,6-15H2,1-5H3. The third-order valence-corrected chi connectivity index (χ3v) is 5.45. The van der Waals surface area contributed by atoms with Crippen molar-refractivity contribution in [3.8, 4) is 0 Å². The summed E-state index contributed by atoms with van der Waals surface area (Å²) >= 11 is 0. The molecule has 0 radical (unpaired) electrons. The molecule has 0 spiro atoms. The molecule has 1 heterocycles. The number of aliphatic hydroxyl groups excluding tert-OH is 1. The predicted octanol–water partition coefficient (Wildman–Crippen LogP) is 3.28. The van der Waals surface area contributed by atoms with Crippen LogP contribution in [-0.2, 0) is 0 Å². The number of rotatable bonds is 7. The van der Waals surface area contributed by atoms with Gasteiger partial charge in [0.15, 0.2) is 0 Å². The smallest absolute Gasteiger partial charge is 0.0610 e. The maximum Gasteiger partial charge on any atom is 0.0610 e. The van der Waals surface area contributed by atoms with Gasteiger partial charge in [0.1, 0.15) is 0 Å². The van der Waals surface area contributed by atoms with Gasteiger partial charge in [-0.2, -0.15) is 0 Å². The van der Waals surface area contributed by atoms with Crippen molar-refractivity contribution in [1.29, 1.82) is 0 Å². The molecule has 1 saturated heterocycles. The molecule has 1 aliphatic heterocycles. The van der Waals surface area contributed by atoms with Crippen molar-refractivity contribution in [1.82, 2.24) is 10.2 Å². The summed E-state index contributed by atoms with van der Waals surface area (Å²) in [5, 5.41) is 12.6. The highest BCUT2D eigenvalue weighted by atomic mass is 16.3. The van der Waals surface area contributed by atoms with Crippen LogP contribution in [0.15, 0.2) is 0 Å². The van der Waals surface area contributed by atoms with Gasteiger partial charge >= 0.3 is 0 Å². The van der Waals surface area contributed by atoms with Crippen LogP contribution in [0.1, 0.15) is 66.2 Å². The topological polar surface area (TPSA) is 35.5 Å². The summed E-state index contributed by atoms with van der Waals surface area (Å²) < 4.78 is 0. The van der Waals surface area contributed by atoms with E-state index in [0.29, 0.717) is 5.41 Å². The predicted molar refractivity (Wildman–Crippen MR) is 91.6 cm³/mol. The number of likely N-dealkylation sites (tertiary alicyclic amines) is 1. The van der Waals surface area contributed by atoms with Crippen LogP contribution < -0.4 is 5.32 Å². The first-order valence-electron chi connectivity index (χ1n) is 8.83. The monoisotopic (exact) mass is 298 g/mol. The van der Waals surface area contributed by atoms with E-state index in [1.54, 1.807) is 0 Å². The van der Waals surface area contributed by atoms with Gasteiger partial charge in [0, 0.05) is 5.54 Å². The van der Waals surface area contributed by atoms with Crippen LogP contribution in [0.2, 0.25) is 0 Å². The summed E-state index contributed by atoms with van der Waals surface area (Å²) in [6, 6.07) is 0. The zero-order valence-corrected chi connectivity index (χ0v) is 15.0. The molecule has 1 aliphatic rings. The molecule has 0 bridgehead atoms. The zero-order valence-electron chi connectivity index (χ0n) is 15.0. The van der Waals surface area contributed by atoms with E-state index in [4.69, 9.17) is 0 Å². The maximum absolute atomic E-state index is 9.40. The van der Waals surface area contributed by atoms with Crippen molar-refractivity contribution in [2.45, 2.75) is 71.8 Å². The molecule has 2 N–H and O–H groups in total. The highest BCUT2D eigenvalue weighted by molar-refractivity contribution is 4.81. The summed E-state index contributed by atoms with van der Waals surface area (Å²) in [6.07, 6.45) is 7.59. The van der Waals surface area contributed by atoms with Crippen LogP contribution in [0.3, 0.4) is 0 Å². The highest BCUT2D eigenvalue weighted by Crippen LogP contribution is 2.34. The average Bonchev–Trinajstić information content (AvgIpc) is 2.68. The van der Waals surface area contributed by atoms with Crippen molar-refractivity contribution in [3.63, 3.8) is 0 Å². The molecule has 0 saturated carbocycles. The fraction of sp³-hybridized carbons (Fsp3) is 1.00. The average molecular weight is 299 g/mol. The Kier molecular flexibility index (Phi) is 7.66. The van der Waals surface area contributed by atoms with E-state index in [9.17, 15) is 5.11 Å². The Labute approximate surface area is 132 Å². The Morgan fingerprint density at radius 1 is 1.10 bits per heavy atom. The van der Waals surface area contributed by atoms with Gasteiger partial charge in [0.25, 0.3) is 0 Å². The molecular weight excluding hydrogens is 260 g/mol. The van der Waals surface area contributed by atoms with Gasteiger partial charge in [-0.1, -0.05) is 27.2 Å². The van der Waals surface area contributed by atoms with E-state index >= 15 is 0 Å². The molecule has 126 valence electrons. The van der Waals surface area contributed by atoms with Crippen molar-refractivity contribution < 1.29 is 5.11 Å². The Balaban J connectivity index is 2.25. The number of hydrogen-bond donors (Lipinski definition) is 2. The van der Waals surface area contributed by atoms with Crippen LogP contribution in [0.5, 0.6) is 0 Å². The maximum atomic E-state index is 9.40. The van der Waals surface area contributed by atoms with E-state index in [0.717, 1.165) is 12.3 Å². The largest absolute Gasteiger partial charge is 0.394 e. The van der Waals surface area contributed by atoms with E-state index in [1.807, 2.05) is 7.05 Å². The second-order valence-electron chi connectivity index (χ2n) is 8.26. The van der Waals surface area contributed by atoms with Gasteiger partial charge in [0.05, 0.1) is 6.61 Å². The number of likely N-dealkylation sites (N-methyl/N-ethyl adjacent to an activating group) is 1. The van der Waals surface area contributed by atoms with Crippen LogP contribution in [-0.4, -0.2) is 48.8 Å². The van der Waals surface area contributed by atoms with E-state index in [-0.39, 0.29) is 12.1 Å².